The zero-order valence-corrected chi connectivity index (χ0v) is 18.7. The van der Waals surface area contributed by atoms with E-state index < -0.39 is 0 Å². The standard InChI is InChI=1S/C27H22N6/c1-16-8-4-5-11-23(16)33-26(31-22-10-7-13-29-27(22)33)20-15-17(2)19(14-18(20)3)24-30-21-9-6-12-28-25(21)32-24/h4-15H,1-3H3,(H,28,30,32). The Morgan fingerprint density at radius 3 is 2.33 bits per heavy atom. The van der Waals surface area contributed by atoms with Crippen LogP contribution in [0.3, 0.4) is 0 Å². The number of aromatic nitrogens is 6. The molecule has 0 aliphatic heterocycles. The van der Waals surface area contributed by atoms with Gasteiger partial charge in [0.1, 0.15) is 17.2 Å². The molecule has 0 saturated heterocycles. The third-order valence-corrected chi connectivity index (χ3v) is 6.10. The molecule has 0 amide bonds. The van der Waals surface area contributed by atoms with Crippen molar-refractivity contribution in [2.75, 3.05) is 0 Å². The SMILES string of the molecule is Cc1cc(-c2nc3cccnc3n2-c2ccccc2C)c(C)cc1-c1nc2ncccc2[nH]1. The minimum Gasteiger partial charge on any atom is -0.337 e. The van der Waals surface area contributed by atoms with E-state index in [4.69, 9.17) is 9.97 Å². The first kappa shape index (κ1) is 19.4. The highest BCUT2D eigenvalue weighted by atomic mass is 15.1. The molecule has 2 aromatic carbocycles. The third kappa shape index (κ3) is 3.10. The molecule has 0 atom stereocenters. The first-order chi connectivity index (χ1) is 16.1. The van der Waals surface area contributed by atoms with Crippen LogP contribution in [0.5, 0.6) is 0 Å². The zero-order chi connectivity index (χ0) is 22.5. The minimum atomic E-state index is 0.723. The Balaban J connectivity index is 1.57. The van der Waals surface area contributed by atoms with E-state index in [1.54, 1.807) is 6.20 Å². The Morgan fingerprint density at radius 1 is 0.727 bits per heavy atom. The second-order valence-corrected chi connectivity index (χ2v) is 8.35. The lowest BCUT2D eigenvalue weighted by Gasteiger charge is -2.15. The molecule has 6 nitrogen and oxygen atoms in total. The van der Waals surface area contributed by atoms with Crippen molar-refractivity contribution >= 4 is 22.3 Å². The highest BCUT2D eigenvalue weighted by molar-refractivity contribution is 5.83. The summed E-state index contributed by atoms with van der Waals surface area (Å²) in [5, 5.41) is 0. The molecule has 0 bridgehead atoms. The Labute approximate surface area is 191 Å². The van der Waals surface area contributed by atoms with Gasteiger partial charge >= 0.3 is 0 Å². The smallest absolute Gasteiger partial charge is 0.178 e. The molecule has 6 rings (SSSR count). The molecule has 1 N–H and O–H groups in total. The third-order valence-electron chi connectivity index (χ3n) is 6.10. The number of aryl methyl sites for hydroxylation is 3. The van der Waals surface area contributed by atoms with Crippen molar-refractivity contribution in [3.05, 3.63) is 89.7 Å². The van der Waals surface area contributed by atoms with Crippen LogP contribution in [0.4, 0.5) is 0 Å². The number of hydrogen-bond acceptors (Lipinski definition) is 4. The highest BCUT2D eigenvalue weighted by Gasteiger charge is 2.20. The zero-order valence-electron chi connectivity index (χ0n) is 18.7. The Morgan fingerprint density at radius 2 is 1.48 bits per heavy atom. The lowest BCUT2D eigenvalue weighted by atomic mass is 9.98. The van der Waals surface area contributed by atoms with Crippen LogP contribution in [0, 0.1) is 20.8 Å². The van der Waals surface area contributed by atoms with Crippen LogP contribution in [0.1, 0.15) is 16.7 Å². The van der Waals surface area contributed by atoms with Gasteiger partial charge in [-0.05, 0) is 79.9 Å². The molecule has 0 unspecified atom stereocenters. The minimum absolute atomic E-state index is 0.723. The molecule has 0 aliphatic rings. The number of benzene rings is 2. The summed E-state index contributed by atoms with van der Waals surface area (Å²) in [6.45, 7) is 6.34. The number of nitrogens with one attached hydrogen (secondary N) is 1. The average Bonchev–Trinajstić information content (AvgIpc) is 3.42. The molecule has 33 heavy (non-hydrogen) atoms. The molecule has 0 radical (unpaired) electrons. The first-order valence-corrected chi connectivity index (χ1v) is 10.9. The van der Waals surface area contributed by atoms with E-state index in [2.05, 4.69) is 76.7 Å². The fourth-order valence-electron chi connectivity index (χ4n) is 4.42. The van der Waals surface area contributed by atoms with Gasteiger partial charge in [-0.2, -0.15) is 0 Å². The van der Waals surface area contributed by atoms with Gasteiger partial charge < -0.3 is 4.98 Å². The number of rotatable bonds is 3. The Kier molecular flexibility index (Phi) is 4.33. The van der Waals surface area contributed by atoms with E-state index in [9.17, 15) is 0 Å². The van der Waals surface area contributed by atoms with Crippen LogP contribution >= 0.6 is 0 Å². The fraction of sp³-hybridized carbons (Fsp3) is 0.111. The monoisotopic (exact) mass is 430 g/mol. The molecular weight excluding hydrogens is 408 g/mol. The predicted octanol–water partition coefficient (Wildman–Crippen LogP) is 5.95. The molecule has 160 valence electrons. The van der Waals surface area contributed by atoms with E-state index in [0.717, 1.165) is 61.9 Å². The summed E-state index contributed by atoms with van der Waals surface area (Å²) in [5.41, 5.74) is 10.0. The van der Waals surface area contributed by atoms with Crippen molar-refractivity contribution in [2.24, 2.45) is 0 Å². The quantitative estimate of drug-likeness (QED) is 0.376. The number of nitrogens with zero attached hydrogens (tertiary/aromatic N) is 5. The van der Waals surface area contributed by atoms with Crippen molar-refractivity contribution in [3.8, 4) is 28.5 Å². The van der Waals surface area contributed by atoms with E-state index in [0.29, 0.717) is 0 Å². The lowest BCUT2D eigenvalue weighted by molar-refractivity contribution is 1.06. The number of aromatic amines is 1. The summed E-state index contributed by atoms with van der Waals surface area (Å²) in [6, 6.07) is 20.6. The van der Waals surface area contributed by atoms with Crippen molar-refractivity contribution < 1.29 is 0 Å². The van der Waals surface area contributed by atoms with Crippen molar-refractivity contribution in [1.82, 2.24) is 29.5 Å². The van der Waals surface area contributed by atoms with E-state index in [1.165, 1.54) is 5.56 Å². The van der Waals surface area contributed by atoms with Crippen molar-refractivity contribution in [3.63, 3.8) is 0 Å². The molecule has 0 fully saturated rings. The highest BCUT2D eigenvalue weighted by Crippen LogP contribution is 2.34. The van der Waals surface area contributed by atoms with Crippen LogP contribution in [-0.4, -0.2) is 29.5 Å². The van der Waals surface area contributed by atoms with Crippen LogP contribution in [-0.2, 0) is 0 Å². The molecule has 0 saturated carbocycles. The normalized spacial score (nSPS) is 11.5. The van der Waals surface area contributed by atoms with Crippen LogP contribution in [0.15, 0.2) is 73.1 Å². The van der Waals surface area contributed by atoms with Crippen LogP contribution in [0.25, 0.3) is 50.8 Å². The number of hydrogen-bond donors (Lipinski definition) is 1. The number of imidazole rings is 2. The molecule has 4 aromatic heterocycles. The number of fused-ring (bicyclic) bond motifs is 2. The second-order valence-electron chi connectivity index (χ2n) is 8.35. The lowest BCUT2D eigenvalue weighted by Crippen LogP contribution is -2.02. The van der Waals surface area contributed by atoms with Gasteiger partial charge in [0.25, 0.3) is 0 Å². The largest absolute Gasteiger partial charge is 0.337 e. The van der Waals surface area contributed by atoms with E-state index >= 15 is 0 Å². The average molecular weight is 431 g/mol. The second kappa shape index (κ2) is 7.38. The summed E-state index contributed by atoms with van der Waals surface area (Å²) in [7, 11) is 0. The summed E-state index contributed by atoms with van der Waals surface area (Å²) < 4.78 is 2.16. The van der Waals surface area contributed by atoms with Crippen LogP contribution in [0.2, 0.25) is 0 Å². The summed E-state index contributed by atoms with van der Waals surface area (Å²) >= 11 is 0. The number of H-pyrrole nitrogens is 1. The fourth-order valence-corrected chi connectivity index (χ4v) is 4.42. The summed E-state index contributed by atoms with van der Waals surface area (Å²) in [4.78, 5) is 22.1. The van der Waals surface area contributed by atoms with Gasteiger partial charge in [0.2, 0.25) is 0 Å². The van der Waals surface area contributed by atoms with Gasteiger partial charge in [0, 0.05) is 23.5 Å². The molecular formula is C27H22N6. The summed E-state index contributed by atoms with van der Waals surface area (Å²) in [6.07, 6.45) is 3.58. The van der Waals surface area contributed by atoms with Crippen molar-refractivity contribution in [1.29, 1.82) is 0 Å². The maximum atomic E-state index is 5.01. The van der Waals surface area contributed by atoms with Crippen LogP contribution < -0.4 is 0 Å². The van der Waals surface area contributed by atoms with Gasteiger partial charge in [0.05, 0.1) is 11.2 Å². The van der Waals surface area contributed by atoms with E-state index in [1.807, 2.05) is 30.5 Å². The summed E-state index contributed by atoms with van der Waals surface area (Å²) in [5.74, 6) is 1.71. The Bertz CT molecular complexity index is 1620. The van der Waals surface area contributed by atoms with Gasteiger partial charge in [-0.3, -0.25) is 4.57 Å². The molecule has 0 aliphatic carbocycles. The predicted molar refractivity (Wildman–Crippen MR) is 131 cm³/mol. The van der Waals surface area contributed by atoms with Crippen molar-refractivity contribution in [2.45, 2.75) is 20.8 Å². The molecule has 4 heterocycles. The first-order valence-electron chi connectivity index (χ1n) is 10.9. The maximum Gasteiger partial charge on any atom is 0.178 e. The maximum absolute atomic E-state index is 5.01. The van der Waals surface area contributed by atoms with E-state index in [-0.39, 0.29) is 0 Å². The molecule has 6 heteroatoms. The number of para-hydroxylation sites is 1. The molecule has 0 spiro atoms. The Hall–Kier alpha value is -4.32. The topological polar surface area (TPSA) is 72.3 Å². The van der Waals surface area contributed by atoms with Gasteiger partial charge in [-0.1, -0.05) is 18.2 Å². The number of pyridine rings is 2. The van der Waals surface area contributed by atoms with Gasteiger partial charge in [-0.15, -0.1) is 0 Å². The van der Waals surface area contributed by atoms with Gasteiger partial charge in [0.15, 0.2) is 11.3 Å². The van der Waals surface area contributed by atoms with Gasteiger partial charge in [-0.25, -0.2) is 19.9 Å². The molecule has 6 aromatic rings.